The third-order valence-corrected chi connectivity index (χ3v) is 4.76. The van der Waals surface area contributed by atoms with Gasteiger partial charge in [-0.25, -0.2) is 5.01 Å². The molecule has 0 N–H and O–H groups in total. The maximum atomic E-state index is 13.0. The van der Waals surface area contributed by atoms with Crippen molar-refractivity contribution in [3.8, 4) is 0 Å². The topological polar surface area (TPSA) is 71.7 Å². The van der Waals surface area contributed by atoms with Gasteiger partial charge in [-0.3, -0.25) is 14.2 Å². The number of aryl methyl sites for hydroxylation is 1. The van der Waals surface area contributed by atoms with Crippen molar-refractivity contribution in [3.63, 3.8) is 0 Å². The second-order valence-corrected chi connectivity index (χ2v) is 6.67. The Bertz CT molecular complexity index is 1080. The molecule has 3 rings (SSSR count). The van der Waals surface area contributed by atoms with Crippen molar-refractivity contribution in [2.75, 3.05) is 5.01 Å². The molecule has 0 aliphatic rings. The first kappa shape index (κ1) is 19.2. The van der Waals surface area contributed by atoms with Gasteiger partial charge in [0, 0.05) is 22.9 Å². The van der Waals surface area contributed by atoms with E-state index in [1.54, 1.807) is 42.8 Å². The number of anilines is 1. The van der Waals surface area contributed by atoms with E-state index in [1.165, 1.54) is 5.01 Å². The summed E-state index contributed by atoms with van der Waals surface area (Å²) >= 11 is 0. The summed E-state index contributed by atoms with van der Waals surface area (Å²) in [5, 5.41) is 6.28. The summed E-state index contributed by atoms with van der Waals surface area (Å²) in [6.07, 6.45) is 3.08. The van der Waals surface area contributed by atoms with E-state index in [0.717, 1.165) is 17.2 Å². The van der Waals surface area contributed by atoms with Gasteiger partial charge < -0.3 is 4.79 Å². The van der Waals surface area contributed by atoms with Gasteiger partial charge in [0.1, 0.15) is 6.29 Å². The molecule has 1 unspecified atom stereocenters. The van der Waals surface area contributed by atoms with Crippen LogP contribution in [0.15, 0.2) is 59.8 Å². The van der Waals surface area contributed by atoms with Crippen molar-refractivity contribution in [1.82, 2.24) is 4.57 Å². The molecule has 6 heteroatoms. The predicted octanol–water partition coefficient (Wildman–Crippen LogP) is 3.81. The number of hydrogen-bond acceptors (Lipinski definition) is 4. The molecule has 142 valence electrons. The number of rotatable bonds is 6. The van der Waals surface area contributed by atoms with E-state index in [2.05, 4.69) is 5.10 Å². The lowest BCUT2D eigenvalue weighted by molar-refractivity contribution is -0.109. The number of carbonyl (C=O) groups is 3. The number of benzene rings is 2. The molecule has 0 saturated carbocycles. The minimum atomic E-state index is -0.391. The number of carbonyl (C=O) groups excluding carboxylic acids is 3. The third-order valence-electron chi connectivity index (χ3n) is 4.76. The summed E-state index contributed by atoms with van der Waals surface area (Å²) in [4.78, 5) is 35.5. The highest BCUT2D eigenvalue weighted by Crippen LogP contribution is 2.24. The third kappa shape index (κ3) is 3.62. The molecule has 0 aliphatic heterocycles. The number of hydrogen-bond donors (Lipinski definition) is 0. The molecule has 0 aliphatic carbocycles. The first-order valence-corrected chi connectivity index (χ1v) is 8.92. The molecule has 2 aromatic carbocycles. The Labute approximate surface area is 163 Å². The smallest absolute Gasteiger partial charge is 0.262 e. The zero-order chi connectivity index (χ0) is 20.3. The van der Waals surface area contributed by atoms with Crippen molar-refractivity contribution in [2.45, 2.75) is 20.8 Å². The average Bonchev–Trinajstić information content (AvgIpc) is 3.14. The summed E-state index contributed by atoms with van der Waals surface area (Å²) < 4.78 is 1.56. The lowest BCUT2D eigenvalue weighted by Gasteiger charge is -2.15. The quantitative estimate of drug-likeness (QED) is 0.374. The lowest BCUT2D eigenvalue weighted by Crippen LogP contribution is -2.19. The summed E-state index contributed by atoms with van der Waals surface area (Å²) in [6, 6.07) is 14.6. The highest BCUT2D eigenvalue weighted by Gasteiger charge is 2.15. The zero-order valence-electron chi connectivity index (χ0n) is 16.0. The Balaban J connectivity index is 2.05. The Morgan fingerprint density at radius 2 is 1.89 bits per heavy atom. The van der Waals surface area contributed by atoms with Gasteiger partial charge in [-0.05, 0) is 43.7 Å². The molecule has 1 heterocycles. The van der Waals surface area contributed by atoms with Crippen molar-refractivity contribution in [2.24, 2.45) is 11.0 Å². The normalized spacial score (nSPS) is 12.6. The van der Waals surface area contributed by atoms with E-state index in [-0.39, 0.29) is 5.91 Å². The van der Waals surface area contributed by atoms with Crippen LogP contribution in [0.2, 0.25) is 0 Å². The first-order valence-electron chi connectivity index (χ1n) is 8.92. The Kier molecular flexibility index (Phi) is 5.49. The van der Waals surface area contributed by atoms with E-state index in [1.807, 2.05) is 37.3 Å². The standard InChI is InChI=1S/C22H21N3O3/c1-15-6-4-5-7-20(15)22(28)24-11-10-18-8-9-19(12-21(18)24)25(14-27)23-17(3)16(2)13-26/h4-14,16H,1-3H3/b23-17-. The summed E-state index contributed by atoms with van der Waals surface area (Å²) in [5.41, 5.74) is 3.22. The molecule has 0 spiro atoms. The second kappa shape index (κ2) is 8.00. The number of amides is 1. The second-order valence-electron chi connectivity index (χ2n) is 6.67. The van der Waals surface area contributed by atoms with Crippen LogP contribution in [0.25, 0.3) is 10.9 Å². The molecule has 0 saturated heterocycles. The Morgan fingerprint density at radius 3 is 2.57 bits per heavy atom. The molecule has 6 nitrogen and oxygen atoms in total. The minimum absolute atomic E-state index is 0.142. The van der Waals surface area contributed by atoms with Crippen LogP contribution in [0.3, 0.4) is 0 Å². The van der Waals surface area contributed by atoms with Crippen LogP contribution in [-0.4, -0.2) is 28.9 Å². The molecule has 0 bridgehead atoms. The van der Waals surface area contributed by atoms with E-state index in [4.69, 9.17) is 0 Å². The van der Waals surface area contributed by atoms with Crippen LogP contribution in [0, 0.1) is 12.8 Å². The van der Waals surface area contributed by atoms with Gasteiger partial charge in [0.25, 0.3) is 5.91 Å². The molecule has 1 atom stereocenters. The van der Waals surface area contributed by atoms with Gasteiger partial charge in [-0.1, -0.05) is 31.2 Å². The monoisotopic (exact) mass is 375 g/mol. The van der Waals surface area contributed by atoms with E-state index in [9.17, 15) is 14.4 Å². The molecule has 28 heavy (non-hydrogen) atoms. The van der Waals surface area contributed by atoms with E-state index in [0.29, 0.717) is 28.9 Å². The number of aromatic nitrogens is 1. The van der Waals surface area contributed by atoms with Crippen LogP contribution in [0.1, 0.15) is 29.8 Å². The average molecular weight is 375 g/mol. The molecule has 1 aromatic heterocycles. The number of fused-ring (bicyclic) bond motifs is 1. The molecule has 1 amide bonds. The maximum Gasteiger partial charge on any atom is 0.262 e. The molecule has 3 aromatic rings. The number of aldehydes is 1. The molecular weight excluding hydrogens is 354 g/mol. The maximum absolute atomic E-state index is 13.0. The van der Waals surface area contributed by atoms with Gasteiger partial charge in [-0.2, -0.15) is 5.10 Å². The van der Waals surface area contributed by atoms with Gasteiger partial charge in [0.05, 0.1) is 17.1 Å². The van der Waals surface area contributed by atoms with Crippen LogP contribution in [0.4, 0.5) is 5.69 Å². The fourth-order valence-electron chi connectivity index (χ4n) is 2.88. The van der Waals surface area contributed by atoms with Gasteiger partial charge in [0.2, 0.25) is 6.41 Å². The van der Waals surface area contributed by atoms with Crippen LogP contribution in [0.5, 0.6) is 0 Å². The highest BCUT2D eigenvalue weighted by molar-refractivity contribution is 6.04. The number of nitrogens with zero attached hydrogens (tertiary/aromatic N) is 3. The summed E-state index contributed by atoms with van der Waals surface area (Å²) in [5.74, 6) is -0.533. The van der Waals surface area contributed by atoms with Gasteiger partial charge >= 0.3 is 0 Å². The zero-order valence-corrected chi connectivity index (χ0v) is 16.0. The molecule has 0 radical (unpaired) electrons. The van der Waals surface area contributed by atoms with Crippen molar-refractivity contribution < 1.29 is 14.4 Å². The molecular formula is C22H21N3O3. The van der Waals surface area contributed by atoms with Crippen molar-refractivity contribution in [3.05, 3.63) is 65.9 Å². The Morgan fingerprint density at radius 1 is 1.14 bits per heavy atom. The van der Waals surface area contributed by atoms with Crippen molar-refractivity contribution in [1.29, 1.82) is 0 Å². The number of hydrazone groups is 1. The Hall–Kier alpha value is -3.54. The largest absolute Gasteiger partial charge is 0.303 e. The van der Waals surface area contributed by atoms with Crippen molar-refractivity contribution >= 4 is 40.9 Å². The van der Waals surface area contributed by atoms with Gasteiger partial charge in [0.15, 0.2) is 0 Å². The molecule has 0 fully saturated rings. The van der Waals surface area contributed by atoms with Crippen LogP contribution in [-0.2, 0) is 9.59 Å². The predicted molar refractivity (Wildman–Crippen MR) is 110 cm³/mol. The fraction of sp³-hybridized carbons (Fsp3) is 0.182. The van der Waals surface area contributed by atoms with Gasteiger partial charge in [-0.15, -0.1) is 0 Å². The van der Waals surface area contributed by atoms with Crippen LogP contribution < -0.4 is 5.01 Å². The fourth-order valence-corrected chi connectivity index (χ4v) is 2.88. The van der Waals surface area contributed by atoms with E-state index >= 15 is 0 Å². The SMILES string of the molecule is C/C(=N/N(C=O)c1ccc2ccn(C(=O)c3ccccc3C)c2c1)C(C)C=O. The highest BCUT2D eigenvalue weighted by atomic mass is 16.2. The summed E-state index contributed by atoms with van der Waals surface area (Å²) in [7, 11) is 0. The summed E-state index contributed by atoms with van der Waals surface area (Å²) in [6.45, 7) is 5.30. The van der Waals surface area contributed by atoms with Crippen LogP contribution >= 0.6 is 0 Å². The minimum Gasteiger partial charge on any atom is -0.303 e. The lowest BCUT2D eigenvalue weighted by atomic mass is 10.1. The first-order chi connectivity index (χ1) is 13.5. The van der Waals surface area contributed by atoms with E-state index < -0.39 is 5.92 Å².